The first-order valence-electron chi connectivity index (χ1n) is 4.33. The van der Waals surface area contributed by atoms with Gasteiger partial charge in [-0.3, -0.25) is 10.1 Å². The van der Waals surface area contributed by atoms with Crippen LogP contribution in [0.15, 0.2) is 11.4 Å². The lowest BCUT2D eigenvalue weighted by Crippen LogP contribution is -2.36. The van der Waals surface area contributed by atoms with Gasteiger partial charge < -0.3 is 9.64 Å². The van der Waals surface area contributed by atoms with Crippen molar-refractivity contribution >= 4 is 22.0 Å². The summed E-state index contributed by atoms with van der Waals surface area (Å²) in [5.74, 6) is 0. The molecule has 1 aliphatic rings. The van der Waals surface area contributed by atoms with Crippen LogP contribution in [0.1, 0.15) is 0 Å². The molecular weight excluding hydrogens is 204 g/mol. The first kappa shape index (κ1) is 9.42. The Morgan fingerprint density at radius 3 is 2.86 bits per heavy atom. The zero-order valence-corrected chi connectivity index (χ0v) is 8.33. The van der Waals surface area contributed by atoms with Crippen LogP contribution >= 0.6 is 11.3 Å². The van der Waals surface area contributed by atoms with Gasteiger partial charge in [0.05, 0.1) is 18.1 Å². The predicted molar refractivity (Wildman–Crippen MR) is 54.0 cm³/mol. The fourth-order valence-corrected chi connectivity index (χ4v) is 2.21. The molecule has 0 atom stereocenters. The molecule has 0 radical (unpaired) electrons. The topological polar surface area (TPSA) is 55.6 Å². The van der Waals surface area contributed by atoms with Crippen molar-refractivity contribution in [2.75, 3.05) is 31.2 Å². The Bertz CT molecular complexity index is 333. The third-order valence-electron chi connectivity index (χ3n) is 2.14. The summed E-state index contributed by atoms with van der Waals surface area (Å²) in [5.41, 5.74) is 0.725. The molecule has 0 spiro atoms. The third-order valence-corrected chi connectivity index (χ3v) is 3.00. The number of morpholine rings is 1. The molecule has 1 aromatic rings. The summed E-state index contributed by atoms with van der Waals surface area (Å²) in [4.78, 5) is 12.4. The van der Waals surface area contributed by atoms with Gasteiger partial charge in [0.1, 0.15) is 5.69 Å². The highest BCUT2D eigenvalue weighted by molar-refractivity contribution is 7.14. The molecular formula is C8H10N2O3S. The molecule has 0 aromatic carbocycles. The van der Waals surface area contributed by atoms with Crippen LogP contribution in [-0.4, -0.2) is 31.2 Å². The van der Waals surface area contributed by atoms with Crippen LogP contribution < -0.4 is 4.90 Å². The molecule has 0 saturated carbocycles. The van der Waals surface area contributed by atoms with E-state index >= 15 is 0 Å². The second-order valence-electron chi connectivity index (χ2n) is 2.97. The van der Waals surface area contributed by atoms with Gasteiger partial charge in [-0.15, -0.1) is 0 Å². The van der Waals surface area contributed by atoms with Gasteiger partial charge in [0.25, 0.3) is 0 Å². The van der Waals surface area contributed by atoms with E-state index in [0.717, 1.165) is 18.8 Å². The van der Waals surface area contributed by atoms with E-state index in [9.17, 15) is 10.1 Å². The van der Waals surface area contributed by atoms with Gasteiger partial charge in [-0.2, -0.15) is 0 Å². The zero-order valence-electron chi connectivity index (χ0n) is 7.51. The number of thiophene rings is 1. The molecule has 76 valence electrons. The van der Waals surface area contributed by atoms with Crippen molar-refractivity contribution in [2.24, 2.45) is 0 Å². The molecule has 2 heterocycles. The van der Waals surface area contributed by atoms with Crippen molar-refractivity contribution in [1.29, 1.82) is 0 Å². The Kier molecular flexibility index (Phi) is 2.64. The van der Waals surface area contributed by atoms with E-state index in [1.807, 2.05) is 4.90 Å². The highest BCUT2D eigenvalue weighted by Crippen LogP contribution is 2.33. The SMILES string of the molecule is O=[N+]([O-])c1sccc1N1CCOCC1. The van der Waals surface area contributed by atoms with Crippen molar-refractivity contribution < 1.29 is 9.66 Å². The van der Waals surface area contributed by atoms with E-state index in [1.54, 1.807) is 11.4 Å². The minimum Gasteiger partial charge on any atom is -0.378 e. The second-order valence-corrected chi connectivity index (χ2v) is 3.86. The summed E-state index contributed by atoms with van der Waals surface area (Å²) in [6, 6.07) is 1.80. The smallest absolute Gasteiger partial charge is 0.347 e. The molecule has 0 bridgehead atoms. The van der Waals surface area contributed by atoms with Gasteiger partial charge in [-0.1, -0.05) is 11.3 Å². The molecule has 5 nitrogen and oxygen atoms in total. The summed E-state index contributed by atoms with van der Waals surface area (Å²) < 4.78 is 5.19. The molecule has 0 N–H and O–H groups in total. The van der Waals surface area contributed by atoms with E-state index in [0.29, 0.717) is 13.2 Å². The van der Waals surface area contributed by atoms with Crippen LogP contribution in [0.2, 0.25) is 0 Å². The van der Waals surface area contributed by atoms with Gasteiger partial charge in [0.15, 0.2) is 0 Å². The highest BCUT2D eigenvalue weighted by Gasteiger charge is 2.22. The van der Waals surface area contributed by atoms with E-state index in [2.05, 4.69) is 0 Å². The highest BCUT2D eigenvalue weighted by atomic mass is 32.1. The summed E-state index contributed by atoms with van der Waals surface area (Å²) in [7, 11) is 0. The average Bonchev–Trinajstić information content (AvgIpc) is 2.67. The zero-order chi connectivity index (χ0) is 9.97. The minimum atomic E-state index is -0.324. The molecule has 2 rings (SSSR count). The number of nitrogens with zero attached hydrogens (tertiary/aromatic N) is 2. The van der Waals surface area contributed by atoms with Gasteiger partial charge >= 0.3 is 5.00 Å². The van der Waals surface area contributed by atoms with Gasteiger partial charge in [0.2, 0.25) is 0 Å². The van der Waals surface area contributed by atoms with Gasteiger partial charge in [0, 0.05) is 13.1 Å². The maximum Gasteiger partial charge on any atom is 0.347 e. The molecule has 0 amide bonds. The van der Waals surface area contributed by atoms with E-state index in [1.165, 1.54) is 11.3 Å². The number of anilines is 1. The standard InChI is InChI=1S/C8H10N2O3S/c11-10(12)8-7(1-6-14-8)9-2-4-13-5-3-9/h1,6H,2-5H2. The monoisotopic (exact) mass is 214 g/mol. The van der Waals surface area contributed by atoms with E-state index in [4.69, 9.17) is 4.74 Å². The van der Waals surface area contributed by atoms with Crippen molar-refractivity contribution in [2.45, 2.75) is 0 Å². The Balaban J connectivity index is 2.21. The molecule has 1 saturated heterocycles. The van der Waals surface area contributed by atoms with Crippen molar-refractivity contribution in [1.82, 2.24) is 0 Å². The van der Waals surface area contributed by atoms with Crippen molar-refractivity contribution in [3.05, 3.63) is 21.6 Å². The minimum absolute atomic E-state index is 0.229. The first-order valence-corrected chi connectivity index (χ1v) is 5.21. The van der Waals surface area contributed by atoms with Crippen molar-refractivity contribution in [3.63, 3.8) is 0 Å². The average molecular weight is 214 g/mol. The number of ether oxygens (including phenoxy) is 1. The third kappa shape index (κ3) is 1.71. The molecule has 0 aliphatic carbocycles. The normalized spacial score (nSPS) is 17.0. The van der Waals surface area contributed by atoms with Crippen LogP contribution in [-0.2, 0) is 4.74 Å². The summed E-state index contributed by atoms with van der Waals surface area (Å²) in [5, 5.41) is 12.7. The molecule has 1 aromatic heterocycles. The molecule has 1 fully saturated rings. The summed E-state index contributed by atoms with van der Waals surface area (Å²) in [6.45, 7) is 2.76. The Morgan fingerprint density at radius 2 is 2.21 bits per heavy atom. The summed E-state index contributed by atoms with van der Waals surface area (Å²) in [6.07, 6.45) is 0. The van der Waals surface area contributed by atoms with Crippen LogP contribution in [0, 0.1) is 10.1 Å². The number of hydrogen-bond donors (Lipinski definition) is 0. The number of hydrogen-bond acceptors (Lipinski definition) is 5. The maximum absolute atomic E-state index is 10.7. The molecule has 6 heteroatoms. The number of rotatable bonds is 2. The largest absolute Gasteiger partial charge is 0.378 e. The van der Waals surface area contributed by atoms with Crippen molar-refractivity contribution in [3.8, 4) is 0 Å². The fraction of sp³-hybridized carbons (Fsp3) is 0.500. The second kappa shape index (κ2) is 3.93. The van der Waals surface area contributed by atoms with Crippen LogP contribution in [0.4, 0.5) is 10.7 Å². The van der Waals surface area contributed by atoms with Crippen LogP contribution in [0.3, 0.4) is 0 Å². The van der Waals surface area contributed by atoms with Crippen LogP contribution in [0.5, 0.6) is 0 Å². The quantitative estimate of drug-likeness (QED) is 0.553. The lowest BCUT2D eigenvalue weighted by molar-refractivity contribution is -0.379. The van der Waals surface area contributed by atoms with Crippen LogP contribution in [0.25, 0.3) is 0 Å². The summed E-state index contributed by atoms with van der Waals surface area (Å²) >= 11 is 1.17. The lowest BCUT2D eigenvalue weighted by Gasteiger charge is -2.27. The Labute approximate surface area is 85.1 Å². The molecule has 1 aliphatic heterocycles. The molecule has 0 unspecified atom stereocenters. The Morgan fingerprint density at radius 1 is 1.50 bits per heavy atom. The lowest BCUT2D eigenvalue weighted by atomic mass is 10.3. The Hall–Kier alpha value is -1.14. The van der Waals surface area contributed by atoms with E-state index < -0.39 is 0 Å². The number of nitro groups is 1. The first-order chi connectivity index (χ1) is 6.79. The van der Waals surface area contributed by atoms with Gasteiger partial charge in [-0.25, -0.2) is 0 Å². The van der Waals surface area contributed by atoms with Gasteiger partial charge in [-0.05, 0) is 11.4 Å². The maximum atomic E-state index is 10.7. The fourth-order valence-electron chi connectivity index (χ4n) is 1.48. The molecule has 14 heavy (non-hydrogen) atoms. The van der Waals surface area contributed by atoms with E-state index in [-0.39, 0.29) is 9.92 Å². The predicted octanol–water partition coefficient (Wildman–Crippen LogP) is 1.49.